The van der Waals surface area contributed by atoms with E-state index in [-0.39, 0.29) is 18.4 Å². The molecule has 0 bridgehead atoms. The molecule has 11 heteroatoms. The van der Waals surface area contributed by atoms with Crippen molar-refractivity contribution in [2.75, 3.05) is 11.9 Å². The van der Waals surface area contributed by atoms with Gasteiger partial charge in [-0.2, -0.15) is 0 Å². The number of carbonyl (C=O) groups excluding carboxylic acids is 1. The van der Waals surface area contributed by atoms with Gasteiger partial charge in [0.05, 0.1) is 6.54 Å². The predicted octanol–water partition coefficient (Wildman–Crippen LogP) is 3.21. The molecule has 9 nitrogen and oxygen atoms in total. The van der Waals surface area contributed by atoms with Gasteiger partial charge in [-0.1, -0.05) is 15.9 Å². The van der Waals surface area contributed by atoms with Crippen molar-refractivity contribution in [3.8, 4) is 0 Å². The van der Waals surface area contributed by atoms with Crippen LogP contribution in [0.2, 0.25) is 5.28 Å². The number of hydrogen-bond acceptors (Lipinski definition) is 6. The van der Waals surface area contributed by atoms with E-state index in [1.54, 1.807) is 24.3 Å². The molecule has 0 radical (unpaired) electrons. The molecule has 1 unspecified atom stereocenters. The summed E-state index contributed by atoms with van der Waals surface area (Å²) in [4.78, 5) is 25.3. The van der Waals surface area contributed by atoms with Crippen molar-refractivity contribution < 1.29 is 19.6 Å². The van der Waals surface area contributed by atoms with E-state index in [4.69, 9.17) is 16.3 Å². The average Bonchev–Trinajstić information content (AvgIpc) is 2.88. The van der Waals surface area contributed by atoms with Gasteiger partial charge in [-0.15, -0.1) is 0 Å². The van der Waals surface area contributed by atoms with E-state index in [1.165, 1.54) is 11.5 Å². The van der Waals surface area contributed by atoms with Gasteiger partial charge < -0.3 is 20.0 Å². The molecule has 1 aromatic heterocycles. The fraction of sp³-hybridized carbons (Fsp3) is 0.286. The summed E-state index contributed by atoms with van der Waals surface area (Å²) in [7, 11) is 0. The number of halogens is 2. The lowest BCUT2D eigenvalue weighted by atomic mass is 10.1. The summed E-state index contributed by atoms with van der Waals surface area (Å²) in [5, 5.41) is 23.3. The maximum atomic E-state index is 11.8. The minimum atomic E-state index is -1.50. The molecule has 0 aliphatic carbocycles. The Kier molecular flexibility index (Phi) is 5.98. The van der Waals surface area contributed by atoms with E-state index < -0.39 is 22.4 Å². The van der Waals surface area contributed by atoms with Gasteiger partial charge in [0.25, 0.3) is 0 Å². The molecule has 0 spiro atoms. The fourth-order valence-corrected chi connectivity index (χ4v) is 2.36. The third kappa shape index (κ3) is 5.69. The number of nitrogens with zero attached hydrogens (tertiary/aromatic N) is 3. The molecule has 0 aliphatic heterocycles. The fourth-order valence-electron chi connectivity index (χ4n) is 1.90. The first-order valence-corrected chi connectivity index (χ1v) is 8.12. The van der Waals surface area contributed by atoms with Crippen LogP contribution < -0.4 is 5.32 Å². The third-order valence-corrected chi connectivity index (χ3v) is 3.85. The van der Waals surface area contributed by atoms with Crippen LogP contribution in [0.1, 0.15) is 6.92 Å². The molecule has 25 heavy (non-hydrogen) atoms. The van der Waals surface area contributed by atoms with Gasteiger partial charge in [0.1, 0.15) is 18.4 Å². The summed E-state index contributed by atoms with van der Waals surface area (Å²) >= 11 is 9.07. The van der Waals surface area contributed by atoms with E-state index in [1.807, 2.05) is 0 Å². The highest BCUT2D eigenvalue weighted by Crippen LogP contribution is 2.19. The van der Waals surface area contributed by atoms with E-state index >= 15 is 0 Å². The summed E-state index contributed by atoms with van der Waals surface area (Å²) in [5.74, 6) is -0.435. The van der Waals surface area contributed by atoms with Gasteiger partial charge in [0.2, 0.25) is 0 Å². The lowest BCUT2D eigenvalue weighted by molar-refractivity contribution is -0.389. The molecule has 2 aromatic rings. The van der Waals surface area contributed by atoms with Gasteiger partial charge in [-0.3, -0.25) is 9.88 Å². The Morgan fingerprint density at radius 1 is 1.52 bits per heavy atom. The second-order valence-corrected chi connectivity index (χ2v) is 6.71. The van der Waals surface area contributed by atoms with Crippen LogP contribution in [0.3, 0.4) is 0 Å². The predicted molar refractivity (Wildman–Crippen MR) is 93.6 cm³/mol. The quantitative estimate of drug-likeness (QED) is 0.533. The van der Waals surface area contributed by atoms with Crippen LogP contribution in [0.15, 0.2) is 34.9 Å². The van der Waals surface area contributed by atoms with Gasteiger partial charge in [-0.25, -0.2) is 4.79 Å². The van der Waals surface area contributed by atoms with Gasteiger partial charge >= 0.3 is 17.2 Å². The van der Waals surface area contributed by atoms with Crippen molar-refractivity contribution in [2.45, 2.75) is 19.1 Å². The van der Waals surface area contributed by atoms with Crippen molar-refractivity contribution in [2.24, 2.45) is 0 Å². The van der Waals surface area contributed by atoms with Gasteiger partial charge in [0.15, 0.2) is 0 Å². The zero-order valence-electron chi connectivity index (χ0n) is 13.0. The lowest BCUT2D eigenvalue weighted by Crippen LogP contribution is -2.37. The number of imidazole rings is 1. The molecule has 1 amide bonds. The number of anilines is 1. The van der Waals surface area contributed by atoms with Crippen LogP contribution in [0.5, 0.6) is 0 Å². The van der Waals surface area contributed by atoms with Crippen molar-refractivity contribution in [1.82, 2.24) is 9.55 Å². The minimum absolute atomic E-state index is 0.141. The molecular formula is C14H14BrClN4O5. The van der Waals surface area contributed by atoms with E-state index in [9.17, 15) is 20.0 Å². The Labute approximate surface area is 155 Å². The van der Waals surface area contributed by atoms with Crippen molar-refractivity contribution >= 4 is 45.1 Å². The van der Waals surface area contributed by atoms with Crippen molar-refractivity contribution in [3.05, 3.63) is 50.3 Å². The smallest absolute Gasteiger partial charge is 0.411 e. The second kappa shape index (κ2) is 7.81. The standard InChI is InChI=1S/C14H14BrClN4O5/c1-14(22,7-19-6-11(20(23)24)18-12(19)16)8-25-13(21)17-10-4-2-9(15)3-5-10/h2-6,22H,7-8H2,1H3,(H,17,21). The number of nitrogens with one attached hydrogen (secondary N) is 1. The number of aliphatic hydroxyl groups is 1. The molecule has 134 valence electrons. The number of benzene rings is 1. The van der Waals surface area contributed by atoms with Crippen LogP contribution in [0.4, 0.5) is 16.3 Å². The second-order valence-electron chi connectivity index (χ2n) is 5.46. The highest BCUT2D eigenvalue weighted by Gasteiger charge is 2.27. The zero-order chi connectivity index (χ0) is 18.6. The highest BCUT2D eigenvalue weighted by molar-refractivity contribution is 9.10. The molecule has 1 aromatic carbocycles. The maximum absolute atomic E-state index is 11.8. The van der Waals surface area contributed by atoms with E-state index in [2.05, 4.69) is 26.2 Å². The SMILES string of the molecule is CC(O)(COC(=O)Nc1ccc(Br)cc1)Cn1cc([N+](=O)[O-])nc1Cl. The molecule has 0 saturated carbocycles. The Morgan fingerprint density at radius 3 is 2.72 bits per heavy atom. The molecular weight excluding hydrogens is 420 g/mol. The highest BCUT2D eigenvalue weighted by atomic mass is 79.9. The number of amides is 1. The molecule has 0 aliphatic rings. The van der Waals surface area contributed by atoms with Crippen molar-refractivity contribution in [1.29, 1.82) is 0 Å². The summed E-state index contributed by atoms with van der Waals surface area (Å²) < 4.78 is 7.05. The monoisotopic (exact) mass is 432 g/mol. The van der Waals surface area contributed by atoms with Gasteiger partial charge in [-0.05, 0) is 52.7 Å². The Hall–Kier alpha value is -2.17. The van der Waals surface area contributed by atoms with E-state index in [0.717, 1.165) is 10.7 Å². The molecule has 1 heterocycles. The Balaban J connectivity index is 1.91. The van der Waals surface area contributed by atoms with Crippen LogP contribution in [0, 0.1) is 10.1 Å². The third-order valence-electron chi connectivity index (χ3n) is 3.02. The molecule has 2 N–H and O–H groups in total. The van der Waals surface area contributed by atoms with Crippen molar-refractivity contribution in [3.63, 3.8) is 0 Å². The van der Waals surface area contributed by atoms with Crippen LogP contribution >= 0.6 is 27.5 Å². The summed E-state index contributed by atoms with van der Waals surface area (Å²) in [6.07, 6.45) is 0.351. The lowest BCUT2D eigenvalue weighted by Gasteiger charge is -2.23. The first kappa shape index (κ1) is 19.2. The molecule has 1 atom stereocenters. The number of ether oxygens (including phenoxy) is 1. The van der Waals surface area contributed by atoms with Gasteiger partial charge in [0, 0.05) is 10.2 Å². The normalized spacial score (nSPS) is 13.1. The number of aromatic nitrogens is 2. The van der Waals surface area contributed by atoms with Crippen LogP contribution in [-0.4, -0.2) is 37.9 Å². The first-order chi connectivity index (χ1) is 11.7. The molecule has 2 rings (SSSR count). The number of carbonyl (C=O) groups is 1. The number of nitro groups is 1. The summed E-state index contributed by atoms with van der Waals surface area (Å²) in [6.45, 7) is 0.915. The Bertz CT molecular complexity index is 778. The minimum Gasteiger partial charge on any atom is -0.446 e. The molecule has 0 saturated heterocycles. The van der Waals surface area contributed by atoms with Crippen LogP contribution in [0.25, 0.3) is 0 Å². The Morgan fingerprint density at radius 2 is 2.16 bits per heavy atom. The average molecular weight is 434 g/mol. The zero-order valence-corrected chi connectivity index (χ0v) is 15.3. The summed E-state index contributed by atoms with van der Waals surface area (Å²) in [6, 6.07) is 6.85. The summed E-state index contributed by atoms with van der Waals surface area (Å²) in [5.41, 5.74) is -0.976. The topological polar surface area (TPSA) is 120 Å². The maximum Gasteiger partial charge on any atom is 0.411 e. The largest absolute Gasteiger partial charge is 0.446 e. The van der Waals surface area contributed by atoms with Crippen LogP contribution in [-0.2, 0) is 11.3 Å². The molecule has 0 fully saturated rings. The number of rotatable bonds is 6. The first-order valence-electron chi connectivity index (χ1n) is 6.95. The number of hydrogen-bond donors (Lipinski definition) is 2. The van der Waals surface area contributed by atoms with E-state index in [0.29, 0.717) is 5.69 Å².